The van der Waals surface area contributed by atoms with Gasteiger partial charge < -0.3 is 15.0 Å². The van der Waals surface area contributed by atoms with Gasteiger partial charge in [0.05, 0.1) is 13.0 Å². The summed E-state index contributed by atoms with van der Waals surface area (Å²) >= 11 is 0. The minimum atomic E-state index is -0.313. The topological polar surface area (TPSA) is 58.6 Å². The molecule has 0 spiro atoms. The number of hydrogen-bond acceptors (Lipinski definition) is 3. The lowest BCUT2D eigenvalue weighted by atomic mass is 9.88. The zero-order valence-corrected chi connectivity index (χ0v) is 16.4. The molecule has 29 heavy (non-hydrogen) atoms. The summed E-state index contributed by atoms with van der Waals surface area (Å²) in [5, 5.41) is 2.96. The summed E-state index contributed by atoms with van der Waals surface area (Å²) < 4.78 is 18.3. The molecule has 1 heterocycles. The van der Waals surface area contributed by atoms with E-state index in [0.29, 0.717) is 19.6 Å². The fourth-order valence-corrected chi connectivity index (χ4v) is 3.95. The maximum Gasteiger partial charge on any atom is 0.225 e. The van der Waals surface area contributed by atoms with Gasteiger partial charge in [-0.15, -0.1) is 0 Å². The zero-order valence-electron chi connectivity index (χ0n) is 16.4. The van der Waals surface area contributed by atoms with Crippen LogP contribution in [-0.2, 0) is 16.1 Å². The van der Waals surface area contributed by atoms with Crippen molar-refractivity contribution < 1.29 is 18.7 Å². The minimum Gasteiger partial charge on any atom is -0.497 e. The van der Waals surface area contributed by atoms with E-state index < -0.39 is 0 Å². The Bertz CT molecular complexity index is 878. The predicted molar refractivity (Wildman–Crippen MR) is 107 cm³/mol. The summed E-state index contributed by atoms with van der Waals surface area (Å²) in [7, 11) is 1.62. The molecule has 0 radical (unpaired) electrons. The Morgan fingerprint density at radius 1 is 1.07 bits per heavy atom. The van der Waals surface area contributed by atoms with E-state index in [4.69, 9.17) is 4.74 Å². The Kier molecular flexibility index (Phi) is 5.51. The first-order valence-corrected chi connectivity index (χ1v) is 10.00. The number of rotatable bonds is 6. The molecule has 152 valence electrons. The van der Waals surface area contributed by atoms with Crippen LogP contribution in [-0.4, -0.2) is 36.9 Å². The molecule has 2 unspecified atom stereocenters. The van der Waals surface area contributed by atoms with E-state index in [2.05, 4.69) is 5.32 Å². The number of halogens is 1. The minimum absolute atomic E-state index is 0.0585. The molecule has 1 saturated carbocycles. The molecule has 1 aliphatic heterocycles. The molecule has 1 N–H and O–H groups in total. The normalized spacial score (nSPS) is 21.1. The molecule has 2 atom stereocenters. The van der Waals surface area contributed by atoms with Crippen LogP contribution in [0.4, 0.5) is 4.39 Å². The van der Waals surface area contributed by atoms with E-state index in [-0.39, 0.29) is 35.4 Å². The Labute approximate surface area is 169 Å². The highest BCUT2D eigenvalue weighted by Crippen LogP contribution is 2.38. The van der Waals surface area contributed by atoms with Crippen molar-refractivity contribution in [3.05, 3.63) is 65.5 Å². The molecule has 4 rings (SSSR count). The van der Waals surface area contributed by atoms with Crippen LogP contribution < -0.4 is 10.1 Å². The number of benzene rings is 2. The molecule has 2 aromatic rings. The number of carbonyl (C=O) groups is 2. The molecule has 2 aliphatic rings. The maximum absolute atomic E-state index is 13.1. The maximum atomic E-state index is 13.1. The van der Waals surface area contributed by atoms with Gasteiger partial charge in [0.25, 0.3) is 0 Å². The van der Waals surface area contributed by atoms with Crippen molar-refractivity contribution >= 4 is 11.8 Å². The van der Waals surface area contributed by atoms with Crippen LogP contribution >= 0.6 is 0 Å². The summed E-state index contributed by atoms with van der Waals surface area (Å²) in [5.74, 6) is 0.300. The molecule has 6 heteroatoms. The third-order valence-corrected chi connectivity index (χ3v) is 5.82. The summed E-state index contributed by atoms with van der Waals surface area (Å²) in [6, 6.07) is 13.8. The SMILES string of the molecule is COc1ccc(C2CN(C(=O)C3CC3)CC2C(=O)NCc2ccc(F)cc2)cc1. The van der Waals surface area contributed by atoms with Crippen molar-refractivity contribution in [3.63, 3.8) is 0 Å². The number of nitrogens with one attached hydrogen (secondary N) is 1. The van der Waals surface area contributed by atoms with E-state index in [1.54, 1.807) is 19.2 Å². The number of methoxy groups -OCH3 is 1. The second-order valence-corrected chi connectivity index (χ2v) is 7.85. The molecule has 2 aromatic carbocycles. The third-order valence-electron chi connectivity index (χ3n) is 5.82. The first-order chi connectivity index (χ1) is 14.0. The quantitative estimate of drug-likeness (QED) is 0.816. The highest BCUT2D eigenvalue weighted by molar-refractivity contribution is 5.85. The standard InChI is InChI=1S/C23H25FN2O3/c1-29-19-10-6-16(7-11-19)20-13-26(23(28)17-4-5-17)14-21(20)22(27)25-12-15-2-8-18(24)9-3-15/h2-3,6-11,17,20-21H,4-5,12-14H2,1H3,(H,25,27). The highest BCUT2D eigenvalue weighted by atomic mass is 19.1. The van der Waals surface area contributed by atoms with E-state index in [9.17, 15) is 14.0 Å². The van der Waals surface area contributed by atoms with Crippen LogP contribution in [0.25, 0.3) is 0 Å². The van der Waals surface area contributed by atoms with Crippen LogP contribution in [0.3, 0.4) is 0 Å². The monoisotopic (exact) mass is 396 g/mol. The molecular formula is C23H25FN2O3. The largest absolute Gasteiger partial charge is 0.497 e. The summed E-state index contributed by atoms with van der Waals surface area (Å²) in [5.41, 5.74) is 1.86. The molecule has 5 nitrogen and oxygen atoms in total. The van der Waals surface area contributed by atoms with Crippen LogP contribution in [0, 0.1) is 17.7 Å². The first kappa shape index (κ1) is 19.4. The van der Waals surface area contributed by atoms with Crippen LogP contribution in [0.15, 0.2) is 48.5 Å². The molecule has 0 aromatic heterocycles. The van der Waals surface area contributed by atoms with Gasteiger partial charge in [0.1, 0.15) is 11.6 Å². The van der Waals surface area contributed by atoms with Gasteiger partial charge in [0, 0.05) is 31.5 Å². The fourth-order valence-electron chi connectivity index (χ4n) is 3.95. The van der Waals surface area contributed by atoms with Crippen molar-refractivity contribution in [3.8, 4) is 5.75 Å². The Morgan fingerprint density at radius 3 is 2.38 bits per heavy atom. The lowest BCUT2D eigenvalue weighted by Crippen LogP contribution is -2.35. The third kappa shape index (κ3) is 4.42. The molecule has 1 aliphatic carbocycles. The van der Waals surface area contributed by atoms with E-state index in [0.717, 1.165) is 29.7 Å². The smallest absolute Gasteiger partial charge is 0.225 e. The van der Waals surface area contributed by atoms with Crippen molar-refractivity contribution in [1.29, 1.82) is 0 Å². The zero-order chi connectivity index (χ0) is 20.4. The fraction of sp³-hybridized carbons (Fsp3) is 0.391. The number of carbonyl (C=O) groups excluding carboxylic acids is 2. The van der Waals surface area contributed by atoms with Crippen LogP contribution in [0.5, 0.6) is 5.75 Å². The van der Waals surface area contributed by atoms with Gasteiger partial charge in [-0.3, -0.25) is 9.59 Å². The number of amides is 2. The van der Waals surface area contributed by atoms with E-state index >= 15 is 0 Å². The molecule has 2 fully saturated rings. The molecular weight excluding hydrogens is 371 g/mol. The predicted octanol–water partition coefficient (Wildman–Crippen LogP) is 3.10. The van der Waals surface area contributed by atoms with E-state index in [1.165, 1.54) is 12.1 Å². The Balaban J connectivity index is 1.49. The molecule has 1 saturated heterocycles. The number of hydrogen-bond donors (Lipinski definition) is 1. The average molecular weight is 396 g/mol. The second-order valence-electron chi connectivity index (χ2n) is 7.85. The molecule has 2 amide bonds. The summed E-state index contributed by atoms with van der Waals surface area (Å²) in [6.07, 6.45) is 1.90. The number of likely N-dealkylation sites (tertiary alicyclic amines) is 1. The summed E-state index contributed by atoms with van der Waals surface area (Å²) in [4.78, 5) is 27.4. The van der Waals surface area contributed by atoms with Crippen molar-refractivity contribution in [2.24, 2.45) is 11.8 Å². The van der Waals surface area contributed by atoms with Gasteiger partial charge in [-0.25, -0.2) is 4.39 Å². The van der Waals surface area contributed by atoms with Gasteiger partial charge in [-0.1, -0.05) is 24.3 Å². The van der Waals surface area contributed by atoms with Crippen molar-refractivity contribution in [2.45, 2.75) is 25.3 Å². The van der Waals surface area contributed by atoms with Gasteiger partial charge in [0.15, 0.2) is 0 Å². The number of ether oxygens (including phenoxy) is 1. The second kappa shape index (κ2) is 8.23. The highest BCUT2D eigenvalue weighted by Gasteiger charge is 2.43. The average Bonchev–Trinajstić information content (AvgIpc) is 3.50. The lowest BCUT2D eigenvalue weighted by Gasteiger charge is -2.18. The Morgan fingerprint density at radius 2 is 1.76 bits per heavy atom. The Hall–Kier alpha value is -2.89. The van der Waals surface area contributed by atoms with Crippen molar-refractivity contribution in [2.75, 3.05) is 20.2 Å². The lowest BCUT2D eigenvalue weighted by molar-refractivity contribution is -0.132. The summed E-state index contributed by atoms with van der Waals surface area (Å²) in [6.45, 7) is 1.32. The first-order valence-electron chi connectivity index (χ1n) is 10.00. The van der Waals surface area contributed by atoms with Crippen LogP contribution in [0.1, 0.15) is 29.9 Å². The van der Waals surface area contributed by atoms with Crippen LogP contribution in [0.2, 0.25) is 0 Å². The van der Waals surface area contributed by atoms with Gasteiger partial charge in [0.2, 0.25) is 11.8 Å². The van der Waals surface area contributed by atoms with Gasteiger partial charge in [-0.2, -0.15) is 0 Å². The number of nitrogens with zero attached hydrogens (tertiary/aromatic N) is 1. The van der Waals surface area contributed by atoms with Gasteiger partial charge >= 0.3 is 0 Å². The van der Waals surface area contributed by atoms with Crippen molar-refractivity contribution in [1.82, 2.24) is 10.2 Å². The molecule has 0 bridgehead atoms. The van der Waals surface area contributed by atoms with Gasteiger partial charge in [-0.05, 0) is 48.2 Å². The van der Waals surface area contributed by atoms with E-state index in [1.807, 2.05) is 29.2 Å².